The molecule has 3 heterocycles. The Kier molecular flexibility index (Phi) is 4.61. The zero-order chi connectivity index (χ0) is 19.7. The van der Waals surface area contributed by atoms with Crippen LogP contribution in [0.2, 0.25) is 0 Å². The van der Waals surface area contributed by atoms with Gasteiger partial charge in [0, 0.05) is 23.9 Å². The summed E-state index contributed by atoms with van der Waals surface area (Å²) in [6.45, 7) is 1.81. The number of pyridine rings is 2. The highest BCUT2D eigenvalue weighted by Crippen LogP contribution is 2.39. The zero-order valence-electron chi connectivity index (χ0n) is 15.0. The Balaban J connectivity index is 1.57. The minimum absolute atomic E-state index is 0.0419. The van der Waals surface area contributed by atoms with Gasteiger partial charge >= 0.3 is 0 Å². The summed E-state index contributed by atoms with van der Waals surface area (Å²) in [7, 11) is 0. The smallest absolute Gasteiger partial charge is 0.212 e. The van der Waals surface area contributed by atoms with E-state index in [1.807, 2.05) is 19.1 Å². The molecular weight excluding hydrogens is 364 g/mol. The van der Waals surface area contributed by atoms with E-state index in [0.29, 0.717) is 17.3 Å². The average Bonchev–Trinajstić information content (AvgIpc) is 3.44. The minimum Gasteiger partial charge on any atom is -0.362 e. The molecule has 9 heteroatoms. The molecule has 0 amide bonds. The molecule has 7 nitrogen and oxygen atoms in total. The van der Waals surface area contributed by atoms with Crippen molar-refractivity contribution in [3.05, 3.63) is 59.0 Å². The lowest BCUT2D eigenvalue weighted by molar-refractivity contribution is 0.581. The number of hydrogen-bond acceptors (Lipinski definition) is 6. The highest BCUT2D eigenvalue weighted by molar-refractivity contribution is 5.62. The van der Waals surface area contributed by atoms with Crippen LogP contribution in [0.3, 0.4) is 0 Å². The van der Waals surface area contributed by atoms with Crippen molar-refractivity contribution in [1.82, 2.24) is 20.2 Å². The maximum atomic E-state index is 14.4. The van der Waals surface area contributed by atoms with Crippen molar-refractivity contribution < 1.29 is 8.78 Å². The Labute approximate surface area is 159 Å². The Hall–Kier alpha value is -3.54. The normalized spacial score (nSPS) is 14.4. The summed E-state index contributed by atoms with van der Waals surface area (Å²) in [4.78, 5) is 7.84. The fourth-order valence-electron chi connectivity index (χ4n) is 2.83. The molecule has 4 rings (SSSR count). The molecule has 28 heavy (non-hydrogen) atoms. The number of hydrogen-bond donors (Lipinski definition) is 3. The predicted molar refractivity (Wildman–Crippen MR) is 99.0 cm³/mol. The second kappa shape index (κ2) is 7.23. The fraction of sp³-hybridized carbons (Fsp3) is 0.263. The van der Waals surface area contributed by atoms with Gasteiger partial charge in [0.1, 0.15) is 11.9 Å². The number of halogens is 2. The van der Waals surface area contributed by atoms with Crippen LogP contribution in [0.25, 0.3) is 0 Å². The molecule has 3 aromatic heterocycles. The van der Waals surface area contributed by atoms with Crippen molar-refractivity contribution in [3.8, 4) is 6.07 Å². The standard InChI is InChI=1S/C19H17F2N7/c1-10(12-4-5-16(21)23-9-12)24-18-13(8-22)6-14(20)19(26-18)25-17-7-15(27-28-17)11-2-3-11/h4-7,9-11H,2-3H2,1H3,(H3,24,25,26,27,28)/t10-/m0/s1. The summed E-state index contributed by atoms with van der Waals surface area (Å²) in [5.41, 5.74) is 1.77. The van der Waals surface area contributed by atoms with Crippen LogP contribution in [-0.2, 0) is 0 Å². The van der Waals surface area contributed by atoms with Gasteiger partial charge in [0.05, 0.1) is 11.6 Å². The number of nitriles is 1. The maximum absolute atomic E-state index is 14.4. The molecule has 0 unspecified atom stereocenters. The molecule has 0 aliphatic heterocycles. The molecular formula is C19H17F2N7. The maximum Gasteiger partial charge on any atom is 0.212 e. The quantitative estimate of drug-likeness (QED) is 0.555. The first-order valence-corrected chi connectivity index (χ1v) is 8.84. The molecule has 0 aromatic carbocycles. The highest BCUT2D eigenvalue weighted by Gasteiger charge is 2.25. The van der Waals surface area contributed by atoms with Crippen LogP contribution in [0, 0.1) is 23.1 Å². The summed E-state index contributed by atoms with van der Waals surface area (Å²) in [6.07, 6.45) is 3.63. The molecule has 142 valence electrons. The van der Waals surface area contributed by atoms with Crippen LogP contribution in [0.5, 0.6) is 0 Å². The molecule has 0 saturated heterocycles. The summed E-state index contributed by atoms with van der Waals surface area (Å²) >= 11 is 0. The van der Waals surface area contributed by atoms with Gasteiger partial charge in [0.2, 0.25) is 5.95 Å². The number of anilines is 3. The van der Waals surface area contributed by atoms with E-state index in [1.165, 1.54) is 12.3 Å². The third-order valence-corrected chi connectivity index (χ3v) is 4.56. The van der Waals surface area contributed by atoms with Crippen LogP contribution in [-0.4, -0.2) is 20.2 Å². The van der Waals surface area contributed by atoms with E-state index >= 15 is 0 Å². The number of aromatic amines is 1. The minimum atomic E-state index is -0.658. The van der Waals surface area contributed by atoms with Gasteiger partial charge in [-0.3, -0.25) is 5.10 Å². The molecule has 0 radical (unpaired) electrons. The van der Waals surface area contributed by atoms with Crippen LogP contribution in [0.1, 0.15) is 48.5 Å². The Morgan fingerprint density at radius 2 is 2.07 bits per heavy atom. The van der Waals surface area contributed by atoms with Gasteiger partial charge in [-0.2, -0.15) is 14.8 Å². The first kappa shape index (κ1) is 17.9. The topological polar surface area (TPSA) is 102 Å². The second-order valence-corrected chi connectivity index (χ2v) is 6.71. The Morgan fingerprint density at radius 1 is 1.25 bits per heavy atom. The average molecular weight is 381 g/mol. The molecule has 0 spiro atoms. The molecule has 1 aliphatic rings. The fourth-order valence-corrected chi connectivity index (χ4v) is 2.83. The number of aromatic nitrogens is 4. The lowest BCUT2D eigenvalue weighted by atomic mass is 10.1. The van der Waals surface area contributed by atoms with Gasteiger partial charge in [0.15, 0.2) is 17.5 Å². The van der Waals surface area contributed by atoms with Crippen molar-refractivity contribution in [2.45, 2.75) is 31.7 Å². The number of nitrogens with one attached hydrogen (secondary N) is 3. The van der Waals surface area contributed by atoms with Crippen LogP contribution >= 0.6 is 0 Å². The van der Waals surface area contributed by atoms with Gasteiger partial charge in [0.25, 0.3) is 0 Å². The summed E-state index contributed by atoms with van der Waals surface area (Å²) in [6, 6.07) is 7.38. The van der Waals surface area contributed by atoms with Crippen LogP contribution in [0.4, 0.5) is 26.2 Å². The molecule has 3 aromatic rings. The summed E-state index contributed by atoms with van der Waals surface area (Å²) in [5.74, 6) is -0.122. The Morgan fingerprint density at radius 3 is 2.75 bits per heavy atom. The van der Waals surface area contributed by atoms with Crippen molar-refractivity contribution in [2.75, 3.05) is 10.6 Å². The second-order valence-electron chi connectivity index (χ2n) is 6.71. The first-order valence-electron chi connectivity index (χ1n) is 8.84. The van der Waals surface area contributed by atoms with Gasteiger partial charge < -0.3 is 10.6 Å². The monoisotopic (exact) mass is 381 g/mol. The van der Waals surface area contributed by atoms with Gasteiger partial charge in [-0.25, -0.2) is 14.4 Å². The molecule has 1 fully saturated rings. The van der Waals surface area contributed by atoms with Crippen molar-refractivity contribution in [3.63, 3.8) is 0 Å². The van der Waals surface area contributed by atoms with E-state index < -0.39 is 11.8 Å². The Bertz CT molecular complexity index is 1040. The third-order valence-electron chi connectivity index (χ3n) is 4.56. The van der Waals surface area contributed by atoms with Gasteiger partial charge in [-0.05, 0) is 37.5 Å². The summed E-state index contributed by atoms with van der Waals surface area (Å²) < 4.78 is 27.4. The molecule has 1 aliphatic carbocycles. The largest absolute Gasteiger partial charge is 0.362 e. The van der Waals surface area contributed by atoms with E-state index in [9.17, 15) is 14.0 Å². The highest BCUT2D eigenvalue weighted by atomic mass is 19.1. The van der Waals surface area contributed by atoms with Crippen molar-refractivity contribution in [2.24, 2.45) is 0 Å². The lowest BCUT2D eigenvalue weighted by Gasteiger charge is -2.16. The van der Waals surface area contributed by atoms with Crippen molar-refractivity contribution >= 4 is 17.5 Å². The third kappa shape index (κ3) is 3.76. The summed E-state index contributed by atoms with van der Waals surface area (Å²) in [5, 5.41) is 22.3. The zero-order valence-corrected chi connectivity index (χ0v) is 15.0. The molecule has 1 atom stereocenters. The van der Waals surface area contributed by atoms with Crippen LogP contribution < -0.4 is 10.6 Å². The molecule has 1 saturated carbocycles. The van der Waals surface area contributed by atoms with E-state index in [2.05, 4.69) is 30.8 Å². The van der Waals surface area contributed by atoms with Gasteiger partial charge in [-0.1, -0.05) is 6.07 Å². The molecule has 0 bridgehead atoms. The number of nitrogens with zero attached hydrogens (tertiary/aromatic N) is 4. The van der Waals surface area contributed by atoms with Crippen LogP contribution in [0.15, 0.2) is 30.5 Å². The lowest BCUT2D eigenvalue weighted by Crippen LogP contribution is -2.11. The van der Waals surface area contributed by atoms with E-state index in [4.69, 9.17) is 0 Å². The van der Waals surface area contributed by atoms with Crippen molar-refractivity contribution in [1.29, 1.82) is 5.26 Å². The first-order chi connectivity index (χ1) is 13.5. The SMILES string of the molecule is C[C@H](Nc1nc(Nc2cc(C3CC3)[nH]n2)c(F)cc1C#N)c1ccc(F)nc1. The predicted octanol–water partition coefficient (Wildman–Crippen LogP) is 4.14. The van der Waals surface area contributed by atoms with E-state index in [1.54, 1.807) is 6.07 Å². The van der Waals surface area contributed by atoms with Gasteiger partial charge in [-0.15, -0.1) is 0 Å². The molecule has 3 N–H and O–H groups in total. The number of H-pyrrole nitrogens is 1. The van der Waals surface area contributed by atoms with E-state index in [0.717, 1.165) is 24.6 Å². The number of rotatable bonds is 6. The van der Waals surface area contributed by atoms with E-state index in [-0.39, 0.29) is 23.2 Å².